The van der Waals surface area contributed by atoms with Gasteiger partial charge in [0.05, 0.1) is 6.07 Å². The van der Waals surface area contributed by atoms with Gasteiger partial charge >= 0.3 is 0 Å². The first-order chi connectivity index (χ1) is 5.35. The topological polar surface area (TPSA) is 87.0 Å². The molecule has 1 amide bonds. The second-order valence-electron chi connectivity index (χ2n) is 2.49. The van der Waals surface area contributed by atoms with Gasteiger partial charge in [0.15, 0.2) is 9.84 Å². The lowest BCUT2D eigenvalue weighted by Gasteiger charge is -2.04. The van der Waals surface area contributed by atoms with Crippen molar-refractivity contribution in [3.05, 3.63) is 0 Å². The molecule has 1 N–H and O–H groups in total. The minimum absolute atomic E-state index is 0.570. The summed E-state index contributed by atoms with van der Waals surface area (Å²) in [5.74, 6) is -1.22. The maximum atomic E-state index is 10.8. The van der Waals surface area contributed by atoms with Crippen LogP contribution in [0.2, 0.25) is 0 Å². The Hall–Kier alpha value is -1.09. The molecule has 0 aliphatic heterocycles. The molecule has 0 heterocycles. The van der Waals surface area contributed by atoms with Gasteiger partial charge in [-0.3, -0.25) is 4.79 Å². The molecule has 1 atom stereocenters. The van der Waals surface area contributed by atoms with Crippen LogP contribution >= 0.6 is 0 Å². The van der Waals surface area contributed by atoms with Crippen LogP contribution in [0, 0.1) is 11.3 Å². The predicted octanol–water partition coefficient (Wildman–Crippen LogP) is -0.941. The Morgan fingerprint density at radius 3 is 2.50 bits per heavy atom. The molecular weight excluding hydrogens is 180 g/mol. The molecular formula is C6H10N2O3S. The standard InChI is InChI=1S/C6H10N2O3S/c1-5(3-7)8-6(9)4-12(2,10)11/h5H,4H2,1-2H3,(H,8,9)/t5-/m0/s1. The van der Waals surface area contributed by atoms with Crippen LogP contribution in [-0.2, 0) is 14.6 Å². The Labute approximate surface area is 71.3 Å². The summed E-state index contributed by atoms with van der Waals surface area (Å²) in [7, 11) is -3.30. The quantitative estimate of drug-likeness (QED) is 0.622. The Balaban J connectivity index is 4.03. The Morgan fingerprint density at radius 1 is 1.67 bits per heavy atom. The van der Waals surface area contributed by atoms with E-state index in [2.05, 4.69) is 5.32 Å². The first kappa shape index (κ1) is 10.9. The molecule has 0 spiro atoms. The first-order valence-electron chi connectivity index (χ1n) is 3.22. The molecule has 0 unspecified atom stereocenters. The summed E-state index contributed by atoms with van der Waals surface area (Å²) in [6.45, 7) is 1.47. The van der Waals surface area contributed by atoms with Crippen molar-refractivity contribution in [3.8, 4) is 6.07 Å². The van der Waals surface area contributed by atoms with E-state index in [4.69, 9.17) is 5.26 Å². The molecule has 0 aromatic heterocycles. The molecule has 0 aromatic rings. The number of hydrogen-bond donors (Lipinski definition) is 1. The van der Waals surface area contributed by atoms with Crippen molar-refractivity contribution in [1.29, 1.82) is 5.26 Å². The summed E-state index contributed by atoms with van der Waals surface area (Å²) in [5, 5.41) is 10.5. The summed E-state index contributed by atoms with van der Waals surface area (Å²) in [6.07, 6.45) is 0.962. The lowest BCUT2D eigenvalue weighted by molar-refractivity contribution is -0.118. The van der Waals surface area contributed by atoms with Crippen LogP contribution in [0.5, 0.6) is 0 Å². The van der Waals surface area contributed by atoms with Gasteiger partial charge in [0.25, 0.3) is 0 Å². The first-order valence-corrected chi connectivity index (χ1v) is 5.28. The summed E-state index contributed by atoms with van der Waals surface area (Å²) < 4.78 is 21.1. The number of hydrogen-bond acceptors (Lipinski definition) is 4. The van der Waals surface area contributed by atoms with Gasteiger partial charge in [-0.2, -0.15) is 5.26 Å². The highest BCUT2D eigenvalue weighted by molar-refractivity contribution is 7.91. The molecule has 0 radical (unpaired) electrons. The number of rotatable bonds is 3. The van der Waals surface area contributed by atoms with Crippen LogP contribution in [0.3, 0.4) is 0 Å². The molecule has 0 aliphatic rings. The van der Waals surface area contributed by atoms with Crippen LogP contribution in [0.25, 0.3) is 0 Å². The third-order valence-electron chi connectivity index (χ3n) is 0.964. The molecule has 6 heteroatoms. The molecule has 0 rings (SSSR count). The molecule has 0 aliphatic carbocycles. The fourth-order valence-electron chi connectivity index (χ4n) is 0.554. The van der Waals surface area contributed by atoms with E-state index in [0.717, 1.165) is 6.26 Å². The van der Waals surface area contributed by atoms with Crippen LogP contribution in [-0.4, -0.2) is 32.4 Å². The zero-order valence-electron chi connectivity index (χ0n) is 6.86. The number of nitrogens with zero attached hydrogens (tertiary/aromatic N) is 1. The normalized spacial score (nSPS) is 13.1. The molecule has 0 bridgehead atoms. The van der Waals surface area contributed by atoms with E-state index in [1.165, 1.54) is 6.92 Å². The summed E-state index contributed by atoms with van der Waals surface area (Å²) >= 11 is 0. The van der Waals surface area contributed by atoms with Crippen molar-refractivity contribution in [2.75, 3.05) is 12.0 Å². The Kier molecular flexibility index (Phi) is 3.70. The third kappa shape index (κ3) is 5.68. The van der Waals surface area contributed by atoms with Crippen LogP contribution in [0.15, 0.2) is 0 Å². The summed E-state index contributed by atoms with van der Waals surface area (Å²) in [5.41, 5.74) is 0. The monoisotopic (exact) mass is 190 g/mol. The zero-order valence-corrected chi connectivity index (χ0v) is 7.68. The van der Waals surface area contributed by atoms with Crippen LogP contribution < -0.4 is 5.32 Å². The minimum atomic E-state index is -3.30. The van der Waals surface area contributed by atoms with Gasteiger partial charge in [-0.25, -0.2) is 8.42 Å². The van der Waals surface area contributed by atoms with E-state index in [1.54, 1.807) is 6.07 Å². The van der Waals surface area contributed by atoms with Gasteiger partial charge in [0, 0.05) is 6.26 Å². The maximum Gasteiger partial charge on any atom is 0.236 e. The van der Waals surface area contributed by atoms with E-state index in [1.807, 2.05) is 0 Å². The van der Waals surface area contributed by atoms with E-state index >= 15 is 0 Å². The zero-order chi connectivity index (χ0) is 9.78. The van der Waals surface area contributed by atoms with E-state index in [-0.39, 0.29) is 0 Å². The molecule has 68 valence electrons. The van der Waals surface area contributed by atoms with Gasteiger partial charge in [0.2, 0.25) is 5.91 Å². The SMILES string of the molecule is C[C@@H](C#N)NC(=O)CS(C)(=O)=O. The average Bonchev–Trinajstić information content (AvgIpc) is 1.82. The second kappa shape index (κ2) is 4.07. The Bertz CT molecular complexity index is 301. The van der Waals surface area contributed by atoms with Crippen molar-refractivity contribution >= 4 is 15.7 Å². The average molecular weight is 190 g/mol. The smallest absolute Gasteiger partial charge is 0.236 e. The van der Waals surface area contributed by atoms with Gasteiger partial charge in [-0.05, 0) is 6.92 Å². The highest BCUT2D eigenvalue weighted by Crippen LogP contribution is 1.84. The molecule has 5 nitrogen and oxygen atoms in total. The van der Waals surface area contributed by atoms with Crippen molar-refractivity contribution < 1.29 is 13.2 Å². The molecule has 0 aromatic carbocycles. The number of carbonyl (C=O) groups is 1. The number of nitriles is 1. The van der Waals surface area contributed by atoms with Crippen LogP contribution in [0.1, 0.15) is 6.92 Å². The Morgan fingerprint density at radius 2 is 2.17 bits per heavy atom. The second-order valence-corrected chi connectivity index (χ2v) is 4.63. The fraction of sp³-hybridized carbons (Fsp3) is 0.667. The lowest BCUT2D eigenvalue weighted by atomic mass is 10.4. The highest BCUT2D eigenvalue weighted by Gasteiger charge is 2.12. The number of carbonyl (C=O) groups excluding carboxylic acids is 1. The maximum absolute atomic E-state index is 10.8. The van der Waals surface area contributed by atoms with Crippen molar-refractivity contribution in [3.63, 3.8) is 0 Å². The number of sulfone groups is 1. The van der Waals surface area contributed by atoms with Crippen molar-refractivity contribution in [2.24, 2.45) is 0 Å². The van der Waals surface area contributed by atoms with Crippen molar-refractivity contribution in [2.45, 2.75) is 13.0 Å². The third-order valence-corrected chi connectivity index (χ3v) is 1.75. The van der Waals surface area contributed by atoms with Crippen molar-refractivity contribution in [1.82, 2.24) is 5.32 Å². The number of nitrogens with one attached hydrogen (secondary N) is 1. The molecule has 0 saturated heterocycles. The molecule has 0 fully saturated rings. The predicted molar refractivity (Wildman–Crippen MR) is 42.9 cm³/mol. The van der Waals surface area contributed by atoms with Gasteiger partial charge in [-0.1, -0.05) is 0 Å². The number of amides is 1. The molecule has 12 heavy (non-hydrogen) atoms. The molecule has 0 saturated carbocycles. The van der Waals surface area contributed by atoms with E-state index < -0.39 is 27.5 Å². The van der Waals surface area contributed by atoms with Gasteiger partial charge in [0.1, 0.15) is 11.8 Å². The van der Waals surface area contributed by atoms with E-state index in [0.29, 0.717) is 0 Å². The van der Waals surface area contributed by atoms with E-state index in [9.17, 15) is 13.2 Å². The summed E-state index contributed by atoms with van der Waals surface area (Å²) in [6, 6.07) is 1.10. The van der Waals surface area contributed by atoms with Crippen LogP contribution in [0.4, 0.5) is 0 Å². The summed E-state index contributed by atoms with van der Waals surface area (Å²) in [4.78, 5) is 10.8. The largest absolute Gasteiger partial charge is 0.340 e. The van der Waals surface area contributed by atoms with Gasteiger partial charge < -0.3 is 5.32 Å². The fourth-order valence-corrected chi connectivity index (χ4v) is 1.11. The lowest BCUT2D eigenvalue weighted by Crippen LogP contribution is -2.35. The van der Waals surface area contributed by atoms with Gasteiger partial charge in [-0.15, -0.1) is 0 Å². The highest BCUT2D eigenvalue weighted by atomic mass is 32.2. The minimum Gasteiger partial charge on any atom is -0.340 e.